The minimum Gasteiger partial charge on any atom is -0.444 e. The molecule has 112 valence electrons. The molecule has 0 saturated carbocycles. The predicted molar refractivity (Wildman–Crippen MR) is 80.3 cm³/mol. The van der Waals surface area contributed by atoms with Gasteiger partial charge >= 0.3 is 6.09 Å². The minimum atomic E-state index is -0.367. The van der Waals surface area contributed by atoms with E-state index in [-0.39, 0.29) is 11.7 Å². The molecule has 0 aromatic carbocycles. The first-order chi connectivity index (χ1) is 9.38. The van der Waals surface area contributed by atoms with Crippen molar-refractivity contribution in [3.8, 4) is 0 Å². The van der Waals surface area contributed by atoms with E-state index in [2.05, 4.69) is 4.98 Å². The fraction of sp³-hybridized carbons (Fsp3) is 0.600. The number of hydrogen-bond donors (Lipinski definition) is 1. The van der Waals surface area contributed by atoms with Crippen molar-refractivity contribution in [3.05, 3.63) is 24.5 Å². The average molecular weight is 279 g/mol. The van der Waals surface area contributed by atoms with E-state index in [1.54, 1.807) is 29.4 Å². The molecule has 1 aliphatic heterocycles. The van der Waals surface area contributed by atoms with Crippen LogP contribution in [0.1, 0.15) is 40.0 Å². The lowest BCUT2D eigenvalue weighted by Gasteiger charge is -2.29. The number of nitrogens with two attached hydrogens (primary N) is 1. The van der Waals surface area contributed by atoms with Crippen LogP contribution in [0, 0.1) is 0 Å². The van der Waals surface area contributed by atoms with Crippen molar-refractivity contribution < 1.29 is 9.53 Å². The molecule has 2 N–H and O–H groups in total. The van der Waals surface area contributed by atoms with Gasteiger partial charge in [-0.15, -0.1) is 0 Å². The van der Waals surface area contributed by atoms with Crippen molar-refractivity contribution in [2.75, 3.05) is 18.8 Å². The standard InChI is InChI=1S/C10H19NO2.C5H6N2/c1-10(2,3)13-9(12)11-7-5-4-6-8-11;6-5-2-1-3-7-4-5/h4-8H2,1-3H3;1-4H,6H2. The molecule has 2 rings (SSSR count). The molecular formula is C15H25N3O2. The first kappa shape index (κ1) is 16.3. The maximum atomic E-state index is 11.5. The average Bonchev–Trinajstić information content (AvgIpc) is 2.39. The Bertz CT molecular complexity index is 395. The lowest BCUT2D eigenvalue weighted by Crippen LogP contribution is -2.39. The predicted octanol–water partition coefficient (Wildman–Crippen LogP) is 3.07. The van der Waals surface area contributed by atoms with E-state index in [1.165, 1.54) is 6.42 Å². The molecule has 2 heterocycles. The molecule has 0 aliphatic carbocycles. The minimum absolute atomic E-state index is 0.160. The number of anilines is 1. The molecule has 0 radical (unpaired) electrons. The third-order valence-corrected chi connectivity index (χ3v) is 2.69. The van der Waals surface area contributed by atoms with Crippen LogP contribution in [0.4, 0.5) is 10.5 Å². The van der Waals surface area contributed by atoms with Crippen LogP contribution in [0.25, 0.3) is 0 Å². The van der Waals surface area contributed by atoms with E-state index in [0.29, 0.717) is 5.69 Å². The Morgan fingerprint density at radius 3 is 2.35 bits per heavy atom. The number of aromatic nitrogens is 1. The van der Waals surface area contributed by atoms with Crippen LogP contribution in [0.2, 0.25) is 0 Å². The molecule has 20 heavy (non-hydrogen) atoms. The maximum absolute atomic E-state index is 11.5. The highest BCUT2D eigenvalue weighted by Gasteiger charge is 2.22. The Hall–Kier alpha value is -1.78. The van der Waals surface area contributed by atoms with E-state index in [0.717, 1.165) is 25.9 Å². The molecule has 5 nitrogen and oxygen atoms in total. The second-order valence-corrected chi connectivity index (χ2v) is 5.81. The number of nitrogens with zero attached hydrogens (tertiary/aromatic N) is 2. The number of hydrogen-bond acceptors (Lipinski definition) is 4. The Morgan fingerprint density at radius 1 is 1.30 bits per heavy atom. The zero-order valence-corrected chi connectivity index (χ0v) is 12.6. The van der Waals surface area contributed by atoms with Gasteiger partial charge in [0.1, 0.15) is 5.60 Å². The van der Waals surface area contributed by atoms with E-state index >= 15 is 0 Å². The van der Waals surface area contributed by atoms with Crippen molar-refractivity contribution in [1.82, 2.24) is 9.88 Å². The largest absolute Gasteiger partial charge is 0.444 e. The van der Waals surface area contributed by atoms with Gasteiger partial charge in [-0.05, 0) is 52.2 Å². The maximum Gasteiger partial charge on any atom is 0.410 e. The van der Waals surface area contributed by atoms with Crippen LogP contribution in [0.5, 0.6) is 0 Å². The summed E-state index contributed by atoms with van der Waals surface area (Å²) in [5.41, 5.74) is 5.64. The summed E-state index contributed by atoms with van der Waals surface area (Å²) in [4.78, 5) is 17.1. The number of ether oxygens (including phenoxy) is 1. The fourth-order valence-corrected chi connectivity index (χ4v) is 1.78. The van der Waals surface area contributed by atoms with Gasteiger partial charge in [-0.1, -0.05) is 0 Å². The molecule has 0 spiro atoms. The van der Waals surface area contributed by atoms with E-state index < -0.39 is 0 Å². The second kappa shape index (κ2) is 7.72. The van der Waals surface area contributed by atoms with E-state index in [4.69, 9.17) is 10.5 Å². The van der Waals surface area contributed by atoms with Crippen molar-refractivity contribution in [3.63, 3.8) is 0 Å². The molecule has 1 fully saturated rings. The highest BCUT2D eigenvalue weighted by atomic mass is 16.6. The highest BCUT2D eigenvalue weighted by molar-refractivity contribution is 5.68. The summed E-state index contributed by atoms with van der Waals surface area (Å²) >= 11 is 0. The normalized spacial score (nSPS) is 15.1. The fourth-order valence-electron chi connectivity index (χ4n) is 1.78. The summed E-state index contributed by atoms with van der Waals surface area (Å²) in [5, 5.41) is 0. The Kier molecular flexibility index (Phi) is 6.28. The summed E-state index contributed by atoms with van der Waals surface area (Å²) in [6.45, 7) is 7.41. The monoisotopic (exact) mass is 279 g/mol. The van der Waals surface area contributed by atoms with Gasteiger partial charge in [0, 0.05) is 25.5 Å². The third-order valence-electron chi connectivity index (χ3n) is 2.69. The van der Waals surface area contributed by atoms with Gasteiger partial charge in [0.25, 0.3) is 0 Å². The molecule has 1 aliphatic rings. The molecule has 1 aromatic rings. The molecule has 1 saturated heterocycles. The summed E-state index contributed by atoms with van der Waals surface area (Å²) < 4.78 is 5.26. The van der Waals surface area contributed by atoms with Crippen LogP contribution in [-0.4, -0.2) is 34.7 Å². The molecular weight excluding hydrogens is 254 g/mol. The van der Waals surface area contributed by atoms with Crippen LogP contribution >= 0.6 is 0 Å². The summed E-state index contributed by atoms with van der Waals surface area (Å²) in [7, 11) is 0. The van der Waals surface area contributed by atoms with Gasteiger partial charge in [-0.2, -0.15) is 0 Å². The SMILES string of the molecule is CC(C)(C)OC(=O)N1CCCCC1.Nc1cccnc1. The van der Waals surface area contributed by atoms with Crippen molar-refractivity contribution in [2.24, 2.45) is 0 Å². The zero-order chi connectivity index (χ0) is 15.0. The van der Waals surface area contributed by atoms with Crippen LogP contribution in [-0.2, 0) is 4.74 Å². The summed E-state index contributed by atoms with van der Waals surface area (Å²) in [5.74, 6) is 0. The third kappa shape index (κ3) is 6.97. The van der Waals surface area contributed by atoms with Gasteiger partial charge < -0.3 is 15.4 Å². The lowest BCUT2D eigenvalue weighted by atomic mass is 10.1. The van der Waals surface area contributed by atoms with Crippen molar-refractivity contribution in [2.45, 2.75) is 45.6 Å². The number of carbonyl (C=O) groups excluding carboxylic acids is 1. The molecule has 5 heteroatoms. The number of likely N-dealkylation sites (tertiary alicyclic amines) is 1. The number of pyridine rings is 1. The van der Waals surface area contributed by atoms with Gasteiger partial charge in [-0.3, -0.25) is 4.98 Å². The van der Waals surface area contributed by atoms with Gasteiger partial charge in [0.15, 0.2) is 0 Å². The molecule has 0 atom stereocenters. The lowest BCUT2D eigenvalue weighted by molar-refractivity contribution is 0.0216. The summed E-state index contributed by atoms with van der Waals surface area (Å²) in [6, 6.07) is 3.60. The number of nitrogen functional groups attached to an aromatic ring is 1. The Balaban J connectivity index is 0.000000240. The highest BCUT2D eigenvalue weighted by Crippen LogP contribution is 2.14. The Morgan fingerprint density at radius 2 is 1.95 bits per heavy atom. The summed E-state index contributed by atoms with van der Waals surface area (Å²) in [6.07, 6.45) is 6.60. The van der Waals surface area contributed by atoms with Gasteiger partial charge in [0.05, 0.1) is 5.69 Å². The first-order valence-corrected chi connectivity index (χ1v) is 7.02. The zero-order valence-electron chi connectivity index (χ0n) is 12.6. The first-order valence-electron chi connectivity index (χ1n) is 7.02. The second-order valence-electron chi connectivity index (χ2n) is 5.81. The molecule has 0 unspecified atom stereocenters. The van der Waals surface area contributed by atoms with E-state index in [9.17, 15) is 4.79 Å². The van der Waals surface area contributed by atoms with Crippen LogP contribution < -0.4 is 5.73 Å². The number of piperidine rings is 1. The molecule has 0 bridgehead atoms. The quantitative estimate of drug-likeness (QED) is 0.792. The van der Waals surface area contributed by atoms with E-state index in [1.807, 2.05) is 20.8 Å². The van der Waals surface area contributed by atoms with Crippen LogP contribution in [0.3, 0.4) is 0 Å². The number of amides is 1. The smallest absolute Gasteiger partial charge is 0.410 e. The van der Waals surface area contributed by atoms with Crippen molar-refractivity contribution in [1.29, 1.82) is 0 Å². The number of rotatable bonds is 0. The molecule has 1 aromatic heterocycles. The topological polar surface area (TPSA) is 68.5 Å². The van der Waals surface area contributed by atoms with Gasteiger partial charge in [-0.25, -0.2) is 4.79 Å². The van der Waals surface area contributed by atoms with Crippen LogP contribution in [0.15, 0.2) is 24.5 Å². The van der Waals surface area contributed by atoms with Gasteiger partial charge in [0.2, 0.25) is 0 Å². The van der Waals surface area contributed by atoms with Crippen molar-refractivity contribution >= 4 is 11.8 Å². The molecule has 1 amide bonds. The Labute approximate surface area is 121 Å². The number of carbonyl (C=O) groups is 1.